The van der Waals surface area contributed by atoms with Crippen molar-refractivity contribution in [1.29, 1.82) is 0 Å². The normalized spacial score (nSPS) is 18.4. The van der Waals surface area contributed by atoms with Crippen molar-refractivity contribution in [3.05, 3.63) is 46.5 Å². The van der Waals surface area contributed by atoms with Crippen LogP contribution in [0.4, 0.5) is 10.1 Å². The Bertz CT molecular complexity index is 1120. The molecule has 0 radical (unpaired) electrons. The second-order valence-electron chi connectivity index (χ2n) is 8.19. The van der Waals surface area contributed by atoms with Gasteiger partial charge in [-0.2, -0.15) is 0 Å². The number of methoxy groups -OCH3 is 2. The van der Waals surface area contributed by atoms with Crippen LogP contribution in [0.25, 0.3) is 11.6 Å². The van der Waals surface area contributed by atoms with Crippen LogP contribution in [0.15, 0.2) is 18.2 Å². The number of H-pyrrole nitrogens is 1. The Labute approximate surface area is 208 Å². The molecule has 0 unspecified atom stereocenters. The quantitative estimate of drug-likeness (QED) is 0.603. The Morgan fingerprint density at radius 3 is 2.39 bits per heavy atom. The highest BCUT2D eigenvalue weighted by Crippen LogP contribution is 2.37. The molecule has 2 amide bonds. The van der Waals surface area contributed by atoms with E-state index in [4.69, 9.17) is 23.7 Å². The molecule has 4 rings (SSSR count). The first-order chi connectivity index (χ1) is 17.5. The maximum absolute atomic E-state index is 13.9. The molecule has 1 aromatic heterocycles. The van der Waals surface area contributed by atoms with E-state index >= 15 is 0 Å². The van der Waals surface area contributed by atoms with E-state index in [0.717, 1.165) is 0 Å². The third-order valence-electron chi connectivity index (χ3n) is 5.86. The number of carbonyl (C=O) groups is 2. The molecule has 10 nitrogen and oxygen atoms in total. The number of aromatic amines is 1. The Balaban J connectivity index is 1.69. The van der Waals surface area contributed by atoms with Crippen molar-refractivity contribution in [2.24, 2.45) is 0 Å². The summed E-state index contributed by atoms with van der Waals surface area (Å²) in [7, 11) is 2.96. The van der Waals surface area contributed by atoms with E-state index in [0.29, 0.717) is 80.9 Å². The summed E-state index contributed by atoms with van der Waals surface area (Å²) < 4.78 is 41.5. The van der Waals surface area contributed by atoms with Crippen LogP contribution < -0.4 is 10.1 Å². The highest BCUT2D eigenvalue weighted by molar-refractivity contribution is 6.35. The van der Waals surface area contributed by atoms with E-state index in [1.54, 1.807) is 11.0 Å². The molecule has 36 heavy (non-hydrogen) atoms. The number of nitrogens with zero attached hydrogens (tertiary/aromatic N) is 1. The molecular formula is C25H30FN3O7. The number of carbonyl (C=O) groups excluding carboxylic acids is 2. The van der Waals surface area contributed by atoms with Crippen LogP contribution in [0.5, 0.6) is 5.75 Å². The minimum Gasteiger partial charge on any atom is -0.494 e. The van der Waals surface area contributed by atoms with Gasteiger partial charge in [-0.1, -0.05) is 0 Å². The zero-order chi connectivity index (χ0) is 25.5. The summed E-state index contributed by atoms with van der Waals surface area (Å²) in [4.78, 5) is 31.2. The van der Waals surface area contributed by atoms with Crippen molar-refractivity contribution in [3.8, 4) is 5.75 Å². The molecule has 2 aliphatic heterocycles. The van der Waals surface area contributed by atoms with Crippen LogP contribution in [-0.2, 0) is 30.3 Å². The van der Waals surface area contributed by atoms with Gasteiger partial charge in [0.15, 0.2) is 5.75 Å². The fourth-order valence-electron chi connectivity index (χ4n) is 4.16. The van der Waals surface area contributed by atoms with Crippen LogP contribution in [0.3, 0.4) is 0 Å². The van der Waals surface area contributed by atoms with Crippen LogP contribution in [0.2, 0.25) is 0 Å². The van der Waals surface area contributed by atoms with Gasteiger partial charge in [-0.15, -0.1) is 0 Å². The Kier molecular flexibility index (Phi) is 8.70. The molecule has 2 N–H and O–H groups in total. The van der Waals surface area contributed by atoms with Gasteiger partial charge in [-0.05, 0) is 24.3 Å². The van der Waals surface area contributed by atoms with Crippen LogP contribution in [0, 0.1) is 5.82 Å². The van der Waals surface area contributed by atoms with Crippen molar-refractivity contribution >= 4 is 29.2 Å². The first-order valence-corrected chi connectivity index (χ1v) is 11.7. The molecule has 1 saturated heterocycles. The summed E-state index contributed by atoms with van der Waals surface area (Å²) in [5, 5.41) is 2.72. The molecule has 3 heterocycles. The van der Waals surface area contributed by atoms with Gasteiger partial charge < -0.3 is 38.9 Å². The van der Waals surface area contributed by atoms with Crippen LogP contribution >= 0.6 is 0 Å². The lowest BCUT2D eigenvalue weighted by Crippen LogP contribution is -2.37. The number of anilines is 1. The van der Waals surface area contributed by atoms with Crippen molar-refractivity contribution in [2.45, 2.75) is 6.61 Å². The minimum absolute atomic E-state index is 0.107. The van der Waals surface area contributed by atoms with E-state index in [1.165, 1.54) is 32.4 Å². The van der Waals surface area contributed by atoms with Gasteiger partial charge in [-0.25, -0.2) is 4.39 Å². The lowest BCUT2D eigenvalue weighted by molar-refractivity contribution is -0.110. The molecule has 0 spiro atoms. The number of benzene rings is 1. The number of amides is 2. The number of hydrogen-bond donors (Lipinski definition) is 2. The highest BCUT2D eigenvalue weighted by Gasteiger charge is 2.30. The van der Waals surface area contributed by atoms with Gasteiger partial charge in [-0.3, -0.25) is 9.59 Å². The summed E-state index contributed by atoms with van der Waals surface area (Å²) in [6.07, 6.45) is 1.55. The lowest BCUT2D eigenvalue weighted by Gasteiger charge is -2.24. The molecule has 0 aliphatic carbocycles. The summed E-state index contributed by atoms with van der Waals surface area (Å²) in [6.45, 7) is 3.22. The smallest absolute Gasteiger partial charge is 0.259 e. The topological polar surface area (TPSA) is 111 Å². The van der Waals surface area contributed by atoms with E-state index in [-0.39, 0.29) is 29.7 Å². The molecular weight excluding hydrogens is 473 g/mol. The fourth-order valence-corrected chi connectivity index (χ4v) is 4.16. The van der Waals surface area contributed by atoms with Crippen molar-refractivity contribution in [2.75, 3.05) is 72.3 Å². The maximum atomic E-state index is 13.9. The standard InChI is InChI=1S/C25H30FN3O7/c1-32-15-21-22(25(31)29-5-7-34-9-11-36-12-10-35-8-6-29)23(33-2)20(27-21)14-18-17-13-16(26)3-4-19(17)28-24(18)30/h3-4,13-14,27H,5-12,15H2,1-2H3,(H,28,30)/b18-14-. The van der Waals surface area contributed by atoms with E-state index in [1.807, 2.05) is 0 Å². The van der Waals surface area contributed by atoms with Gasteiger partial charge in [0.2, 0.25) is 0 Å². The average Bonchev–Trinajstić information content (AvgIpc) is 3.35. The molecule has 1 fully saturated rings. The number of nitrogens with one attached hydrogen (secondary N) is 2. The van der Waals surface area contributed by atoms with E-state index < -0.39 is 5.82 Å². The van der Waals surface area contributed by atoms with E-state index in [9.17, 15) is 14.0 Å². The van der Waals surface area contributed by atoms with Gasteiger partial charge >= 0.3 is 0 Å². The molecule has 0 bridgehead atoms. The van der Waals surface area contributed by atoms with Crippen molar-refractivity contribution in [3.63, 3.8) is 0 Å². The second kappa shape index (κ2) is 12.1. The molecule has 0 saturated carbocycles. The number of rotatable bonds is 5. The molecule has 194 valence electrons. The number of hydrogen-bond acceptors (Lipinski definition) is 7. The first-order valence-electron chi connectivity index (χ1n) is 11.7. The number of halogens is 1. The number of fused-ring (bicyclic) bond motifs is 1. The van der Waals surface area contributed by atoms with Crippen molar-refractivity contribution in [1.82, 2.24) is 9.88 Å². The monoisotopic (exact) mass is 503 g/mol. The molecule has 0 atom stereocenters. The maximum Gasteiger partial charge on any atom is 0.259 e. The summed E-state index contributed by atoms with van der Waals surface area (Å²) in [6, 6.07) is 4.08. The fraction of sp³-hybridized carbons (Fsp3) is 0.440. The molecule has 2 aromatic rings. The summed E-state index contributed by atoms with van der Waals surface area (Å²) >= 11 is 0. The first kappa shape index (κ1) is 25.8. The molecule has 1 aromatic carbocycles. The Hall–Kier alpha value is -3.25. The molecule has 11 heteroatoms. The van der Waals surface area contributed by atoms with Gasteiger partial charge in [0, 0.05) is 31.5 Å². The zero-order valence-corrected chi connectivity index (χ0v) is 20.4. The largest absolute Gasteiger partial charge is 0.494 e. The summed E-state index contributed by atoms with van der Waals surface area (Å²) in [5.74, 6) is -0.868. The second-order valence-corrected chi connectivity index (χ2v) is 8.19. The third kappa shape index (κ3) is 5.76. The van der Waals surface area contributed by atoms with Gasteiger partial charge in [0.1, 0.15) is 11.4 Å². The Morgan fingerprint density at radius 1 is 1.08 bits per heavy atom. The van der Waals surface area contributed by atoms with E-state index in [2.05, 4.69) is 10.3 Å². The van der Waals surface area contributed by atoms with Crippen LogP contribution in [0.1, 0.15) is 27.3 Å². The predicted molar refractivity (Wildman–Crippen MR) is 129 cm³/mol. The minimum atomic E-state index is -0.461. The molecule has 2 aliphatic rings. The zero-order valence-electron chi connectivity index (χ0n) is 20.4. The van der Waals surface area contributed by atoms with Gasteiger partial charge in [0.25, 0.3) is 11.8 Å². The van der Waals surface area contributed by atoms with Gasteiger partial charge in [0.05, 0.1) is 70.3 Å². The van der Waals surface area contributed by atoms with Crippen molar-refractivity contribution < 1.29 is 37.7 Å². The third-order valence-corrected chi connectivity index (χ3v) is 5.86. The lowest BCUT2D eigenvalue weighted by atomic mass is 10.1. The Morgan fingerprint density at radius 2 is 1.75 bits per heavy atom. The van der Waals surface area contributed by atoms with Crippen LogP contribution in [-0.4, -0.2) is 88.6 Å². The number of aromatic nitrogens is 1. The average molecular weight is 504 g/mol. The SMILES string of the molecule is COCc1[nH]c(/C=C2\C(=O)Nc3ccc(F)cc32)c(OC)c1C(=O)N1CCOCCOCCOCC1. The highest BCUT2D eigenvalue weighted by atomic mass is 19.1. The summed E-state index contributed by atoms with van der Waals surface area (Å²) in [5.41, 5.74) is 2.37. The predicted octanol–water partition coefficient (Wildman–Crippen LogP) is 2.31. The number of ether oxygens (including phenoxy) is 5.